The zero-order valence-electron chi connectivity index (χ0n) is 23.0. The molecule has 7 nitrogen and oxygen atoms in total. The molecule has 1 aliphatic rings. The number of carbonyl (C=O) groups is 1. The van der Waals surface area contributed by atoms with Crippen molar-refractivity contribution >= 4 is 43.9 Å². The minimum atomic E-state index is -4.45. The van der Waals surface area contributed by atoms with Crippen LogP contribution in [-0.4, -0.2) is 36.6 Å². The van der Waals surface area contributed by atoms with Gasteiger partial charge in [-0.3, -0.25) is 4.79 Å². The van der Waals surface area contributed by atoms with Crippen LogP contribution in [0.4, 0.5) is 18.9 Å². The largest absolute Gasteiger partial charge is 0.481 e. The lowest BCUT2D eigenvalue weighted by atomic mass is 9.96. The van der Waals surface area contributed by atoms with Crippen molar-refractivity contribution in [1.82, 2.24) is 3.97 Å². The number of nitriles is 1. The number of piperidine rings is 1. The maximum absolute atomic E-state index is 14.8. The highest BCUT2D eigenvalue weighted by Gasteiger charge is 2.31. The Balaban J connectivity index is 1.62. The molecule has 1 saturated heterocycles. The highest BCUT2D eigenvalue weighted by molar-refractivity contribution is 7.90. The lowest BCUT2D eigenvalue weighted by molar-refractivity contribution is -0.142. The van der Waals surface area contributed by atoms with E-state index in [9.17, 15) is 36.8 Å². The zero-order chi connectivity index (χ0) is 31.2. The summed E-state index contributed by atoms with van der Waals surface area (Å²) in [7, 11) is -4.45. The molecule has 224 valence electrons. The van der Waals surface area contributed by atoms with Crippen LogP contribution in [0.5, 0.6) is 0 Å². The van der Waals surface area contributed by atoms with Gasteiger partial charge in [-0.15, -0.1) is 11.3 Å². The lowest BCUT2D eigenvalue weighted by Gasteiger charge is -2.32. The van der Waals surface area contributed by atoms with Crippen molar-refractivity contribution in [2.75, 3.05) is 18.0 Å². The van der Waals surface area contributed by atoms with Gasteiger partial charge in [-0.2, -0.15) is 5.26 Å². The summed E-state index contributed by atoms with van der Waals surface area (Å²) in [6, 6.07) is 19.0. The van der Waals surface area contributed by atoms with Crippen LogP contribution in [0.1, 0.15) is 29.7 Å². The normalized spacial score (nSPS) is 14.3. The molecular formula is C32H24F3N3O4S2. The Morgan fingerprint density at radius 2 is 1.75 bits per heavy atom. The molecule has 6 rings (SSSR count). The first-order valence-corrected chi connectivity index (χ1v) is 16.0. The number of benzene rings is 3. The SMILES string of the molecule is N#Cc1sccc1-c1c(-c2cccc(N3CCC(C(=O)O)CC3)c2)n(S(=O)(=O)c2ccc(C(F)F)cc2)c2ccc(F)cc12. The number of hydrogen-bond acceptors (Lipinski definition) is 6. The van der Waals surface area contributed by atoms with Crippen LogP contribution >= 0.6 is 11.3 Å². The van der Waals surface area contributed by atoms with Gasteiger partial charge in [0, 0.05) is 46.4 Å². The van der Waals surface area contributed by atoms with Gasteiger partial charge in [0.1, 0.15) is 16.8 Å². The number of halogens is 3. The molecule has 3 heterocycles. The third-order valence-corrected chi connectivity index (χ3v) is 10.5. The number of anilines is 1. The second-order valence-corrected chi connectivity index (χ2v) is 13.2. The third-order valence-electron chi connectivity index (χ3n) is 7.92. The van der Waals surface area contributed by atoms with Crippen LogP contribution in [0, 0.1) is 23.1 Å². The summed E-state index contributed by atoms with van der Waals surface area (Å²) in [6.07, 6.45) is -1.88. The molecule has 0 radical (unpaired) electrons. The molecular weight excluding hydrogens is 611 g/mol. The molecule has 44 heavy (non-hydrogen) atoms. The average Bonchev–Trinajstić information content (AvgIpc) is 3.63. The number of nitrogens with zero attached hydrogens (tertiary/aromatic N) is 3. The fourth-order valence-electron chi connectivity index (χ4n) is 5.74. The van der Waals surface area contributed by atoms with Crippen LogP contribution in [0.25, 0.3) is 33.3 Å². The summed E-state index contributed by atoms with van der Waals surface area (Å²) < 4.78 is 71.2. The molecule has 12 heteroatoms. The van der Waals surface area contributed by atoms with Gasteiger partial charge in [0.2, 0.25) is 0 Å². The van der Waals surface area contributed by atoms with E-state index in [4.69, 9.17) is 0 Å². The monoisotopic (exact) mass is 635 g/mol. The van der Waals surface area contributed by atoms with Gasteiger partial charge < -0.3 is 10.0 Å². The first-order chi connectivity index (χ1) is 21.1. The van der Waals surface area contributed by atoms with E-state index in [1.165, 1.54) is 23.5 Å². The predicted octanol–water partition coefficient (Wildman–Crippen LogP) is 7.52. The minimum Gasteiger partial charge on any atom is -0.481 e. The fourth-order valence-corrected chi connectivity index (χ4v) is 7.97. The van der Waals surface area contributed by atoms with Crippen molar-refractivity contribution in [2.24, 2.45) is 5.92 Å². The van der Waals surface area contributed by atoms with Gasteiger partial charge in [0.05, 0.1) is 22.0 Å². The van der Waals surface area contributed by atoms with Gasteiger partial charge in [0.25, 0.3) is 16.4 Å². The molecule has 2 aromatic heterocycles. The number of carboxylic acid groups (broad SMARTS) is 1. The van der Waals surface area contributed by atoms with Gasteiger partial charge in [-0.05, 0) is 66.8 Å². The maximum atomic E-state index is 14.8. The number of thiophene rings is 1. The molecule has 3 aromatic carbocycles. The number of alkyl halides is 2. The van der Waals surface area contributed by atoms with Crippen molar-refractivity contribution in [3.05, 3.63) is 94.4 Å². The summed E-state index contributed by atoms with van der Waals surface area (Å²) in [5.74, 6) is -1.89. The minimum absolute atomic E-state index is 0.150. The number of hydrogen-bond donors (Lipinski definition) is 1. The fraction of sp³-hybridized carbons (Fsp3) is 0.188. The Morgan fingerprint density at radius 3 is 2.41 bits per heavy atom. The van der Waals surface area contributed by atoms with Crippen LogP contribution in [0.3, 0.4) is 0 Å². The Bertz CT molecular complexity index is 2040. The Kier molecular flexibility index (Phi) is 7.69. The van der Waals surface area contributed by atoms with Gasteiger partial charge in [0.15, 0.2) is 0 Å². The molecule has 1 aliphatic heterocycles. The summed E-state index contributed by atoms with van der Waals surface area (Å²) >= 11 is 1.17. The number of carboxylic acids is 1. The number of aliphatic carboxylic acids is 1. The third kappa shape index (κ3) is 5.12. The molecule has 0 saturated carbocycles. The van der Waals surface area contributed by atoms with Gasteiger partial charge >= 0.3 is 5.97 Å². The zero-order valence-corrected chi connectivity index (χ0v) is 24.6. The molecule has 0 amide bonds. The summed E-state index contributed by atoms with van der Waals surface area (Å²) in [5, 5.41) is 21.3. The van der Waals surface area contributed by atoms with Crippen molar-refractivity contribution in [1.29, 1.82) is 5.26 Å². The van der Waals surface area contributed by atoms with Crippen molar-refractivity contribution < 1.29 is 31.5 Å². The Labute approximate surface area is 255 Å². The molecule has 1 N–H and O–H groups in total. The van der Waals surface area contributed by atoms with E-state index >= 15 is 0 Å². The van der Waals surface area contributed by atoms with Gasteiger partial charge in [-0.25, -0.2) is 25.6 Å². The van der Waals surface area contributed by atoms with Crippen LogP contribution in [0.2, 0.25) is 0 Å². The second kappa shape index (κ2) is 11.5. The maximum Gasteiger partial charge on any atom is 0.306 e. The smallest absolute Gasteiger partial charge is 0.306 e. The Morgan fingerprint density at radius 1 is 1.02 bits per heavy atom. The average molecular weight is 636 g/mol. The number of fused-ring (bicyclic) bond motifs is 1. The Hall–Kier alpha value is -4.60. The van der Waals surface area contributed by atoms with E-state index in [0.717, 1.165) is 40.0 Å². The predicted molar refractivity (Wildman–Crippen MR) is 162 cm³/mol. The van der Waals surface area contributed by atoms with E-state index in [1.807, 2.05) is 11.0 Å². The van der Waals surface area contributed by atoms with E-state index in [0.29, 0.717) is 47.5 Å². The van der Waals surface area contributed by atoms with Crippen LogP contribution < -0.4 is 4.90 Å². The molecule has 0 aliphatic carbocycles. The highest BCUT2D eigenvalue weighted by atomic mass is 32.2. The van der Waals surface area contributed by atoms with Crippen molar-refractivity contribution in [3.63, 3.8) is 0 Å². The summed E-state index contributed by atoms with van der Waals surface area (Å²) in [4.78, 5) is 13.6. The molecule has 0 atom stereocenters. The summed E-state index contributed by atoms with van der Waals surface area (Å²) in [6.45, 7) is 0.971. The van der Waals surface area contributed by atoms with E-state index in [-0.39, 0.29) is 27.1 Å². The van der Waals surface area contributed by atoms with Gasteiger partial charge in [-0.1, -0.05) is 24.3 Å². The lowest BCUT2D eigenvalue weighted by Crippen LogP contribution is -2.36. The second-order valence-electron chi connectivity index (χ2n) is 10.4. The topological polar surface area (TPSA) is 103 Å². The van der Waals surface area contributed by atoms with Crippen LogP contribution in [-0.2, 0) is 14.8 Å². The molecule has 0 bridgehead atoms. The summed E-state index contributed by atoms with van der Waals surface area (Å²) in [5.41, 5.74) is 1.96. The van der Waals surface area contributed by atoms with Crippen LogP contribution in [0.15, 0.2) is 83.1 Å². The molecule has 5 aromatic rings. The highest BCUT2D eigenvalue weighted by Crippen LogP contribution is 2.46. The first-order valence-electron chi connectivity index (χ1n) is 13.6. The van der Waals surface area contributed by atoms with E-state index in [2.05, 4.69) is 6.07 Å². The standard InChI is InChI=1S/C32H24F3N3O4S2/c33-22-6-9-27-26(17-22)29(25-12-15-43-28(25)18-36)30(38(27)44(41,42)24-7-4-19(5-8-24)31(34)35)21-2-1-3-23(16-21)37-13-10-20(11-14-37)32(39)40/h1-9,12,15-17,20,31H,10-11,13-14H2,(H,39,40). The van der Waals surface area contributed by atoms with E-state index in [1.54, 1.807) is 29.6 Å². The van der Waals surface area contributed by atoms with Crippen molar-refractivity contribution in [2.45, 2.75) is 24.2 Å². The van der Waals surface area contributed by atoms with Crippen molar-refractivity contribution in [3.8, 4) is 28.5 Å². The number of aromatic nitrogens is 1. The molecule has 1 fully saturated rings. The quantitative estimate of drug-likeness (QED) is 0.198. The first kappa shape index (κ1) is 29.5. The number of rotatable bonds is 7. The molecule has 0 unspecified atom stereocenters. The van der Waals surface area contributed by atoms with E-state index < -0.39 is 34.2 Å². The molecule has 0 spiro atoms.